The van der Waals surface area contributed by atoms with Gasteiger partial charge < -0.3 is 10.6 Å². The number of carbonyl (C=O) groups is 1. The minimum Gasteiger partial charge on any atom is -0.335 e. The van der Waals surface area contributed by atoms with Crippen LogP contribution in [0, 0.1) is 11.7 Å². The van der Waals surface area contributed by atoms with Crippen molar-refractivity contribution < 1.29 is 9.18 Å². The van der Waals surface area contributed by atoms with Crippen molar-refractivity contribution in [2.45, 2.75) is 56.0 Å². The minimum atomic E-state index is -0.241. The highest BCUT2D eigenvalue weighted by Gasteiger charge is 2.26. The number of urea groups is 1. The Hall–Kier alpha value is -1.23. The number of benzene rings is 1. The van der Waals surface area contributed by atoms with Crippen LogP contribution in [0.4, 0.5) is 9.18 Å². The van der Waals surface area contributed by atoms with E-state index in [4.69, 9.17) is 0 Å². The van der Waals surface area contributed by atoms with E-state index < -0.39 is 0 Å². The van der Waals surface area contributed by atoms with E-state index in [1.54, 1.807) is 17.8 Å². The van der Waals surface area contributed by atoms with E-state index >= 15 is 0 Å². The molecule has 3 nitrogen and oxygen atoms in total. The van der Waals surface area contributed by atoms with Gasteiger partial charge in [-0.3, -0.25) is 0 Å². The van der Waals surface area contributed by atoms with Crippen LogP contribution >= 0.6 is 11.8 Å². The van der Waals surface area contributed by atoms with E-state index in [1.807, 2.05) is 6.07 Å². The maximum absolute atomic E-state index is 13.5. The second-order valence-corrected chi connectivity index (χ2v) is 7.49. The summed E-state index contributed by atoms with van der Waals surface area (Å²) < 4.78 is 13.5. The summed E-state index contributed by atoms with van der Waals surface area (Å²) in [7, 11) is 0. The number of halogens is 1. The molecule has 2 aliphatic rings. The van der Waals surface area contributed by atoms with Crippen molar-refractivity contribution in [3.05, 3.63) is 29.6 Å². The third-order valence-electron chi connectivity index (χ3n) is 4.74. The molecular formula is C17H23FN2OS. The molecule has 1 saturated carbocycles. The van der Waals surface area contributed by atoms with Gasteiger partial charge in [-0.15, -0.1) is 11.8 Å². The number of rotatable bonds is 2. The second-order valence-electron chi connectivity index (χ2n) is 6.36. The van der Waals surface area contributed by atoms with Crippen LogP contribution in [0.2, 0.25) is 0 Å². The zero-order valence-electron chi connectivity index (χ0n) is 12.9. The number of thioether (sulfide) groups is 1. The molecule has 120 valence electrons. The van der Waals surface area contributed by atoms with E-state index in [9.17, 15) is 9.18 Å². The van der Waals surface area contributed by atoms with Crippen molar-refractivity contribution in [1.29, 1.82) is 0 Å². The fourth-order valence-corrected chi connectivity index (χ4v) is 4.52. The van der Waals surface area contributed by atoms with Gasteiger partial charge in [0.1, 0.15) is 5.82 Å². The van der Waals surface area contributed by atoms with Gasteiger partial charge in [0.05, 0.1) is 6.04 Å². The van der Waals surface area contributed by atoms with Crippen LogP contribution in [0.3, 0.4) is 0 Å². The van der Waals surface area contributed by atoms with E-state index in [-0.39, 0.29) is 23.9 Å². The standard InChI is InChI=1S/C17H23FN2OS/c1-11-4-2-3-5-14(11)19-17(21)20-15-8-9-22-16-7-6-12(18)10-13(15)16/h6-7,10-11,14-15H,2-5,8-9H2,1H3,(H2,19,20,21). The van der Waals surface area contributed by atoms with Gasteiger partial charge in [0.25, 0.3) is 0 Å². The van der Waals surface area contributed by atoms with Gasteiger partial charge in [0.15, 0.2) is 0 Å². The van der Waals surface area contributed by atoms with Crippen LogP contribution in [0.25, 0.3) is 0 Å². The number of fused-ring (bicyclic) bond motifs is 1. The Kier molecular flexibility index (Phi) is 4.91. The first kappa shape index (κ1) is 15.7. The van der Waals surface area contributed by atoms with E-state index in [1.165, 1.54) is 25.3 Å². The monoisotopic (exact) mass is 322 g/mol. The summed E-state index contributed by atoms with van der Waals surface area (Å²) in [5.41, 5.74) is 0.906. The first-order valence-electron chi connectivity index (χ1n) is 8.13. The first-order chi connectivity index (χ1) is 10.6. The van der Waals surface area contributed by atoms with Gasteiger partial charge in [-0.05, 0) is 48.9 Å². The number of hydrogen-bond donors (Lipinski definition) is 2. The molecule has 0 spiro atoms. The topological polar surface area (TPSA) is 41.1 Å². The minimum absolute atomic E-state index is 0.0918. The molecule has 2 amide bonds. The van der Waals surface area contributed by atoms with Crippen molar-refractivity contribution in [3.63, 3.8) is 0 Å². The molecule has 0 saturated heterocycles. The highest BCUT2D eigenvalue weighted by molar-refractivity contribution is 7.99. The third-order valence-corrected chi connectivity index (χ3v) is 5.87. The molecule has 0 radical (unpaired) electrons. The molecule has 3 atom stereocenters. The third kappa shape index (κ3) is 3.57. The second kappa shape index (κ2) is 6.90. The molecule has 3 unspecified atom stereocenters. The lowest BCUT2D eigenvalue weighted by atomic mass is 9.86. The summed E-state index contributed by atoms with van der Waals surface area (Å²) in [5.74, 6) is 1.24. The molecule has 0 bridgehead atoms. The fourth-order valence-electron chi connectivity index (χ4n) is 3.41. The summed E-state index contributed by atoms with van der Waals surface area (Å²) in [4.78, 5) is 13.4. The maximum Gasteiger partial charge on any atom is 0.315 e. The number of carbonyl (C=O) groups excluding carboxylic acids is 1. The average Bonchev–Trinajstić information content (AvgIpc) is 2.50. The normalized spacial score (nSPS) is 27.8. The Bertz CT molecular complexity index is 551. The molecular weight excluding hydrogens is 299 g/mol. The van der Waals surface area contributed by atoms with Crippen molar-refractivity contribution in [1.82, 2.24) is 10.6 Å². The lowest BCUT2D eigenvalue weighted by molar-refractivity contribution is 0.218. The molecule has 3 rings (SSSR count). The SMILES string of the molecule is CC1CCCCC1NC(=O)NC1CCSc2ccc(F)cc21. The molecule has 1 aliphatic carbocycles. The van der Waals surface area contributed by atoms with Crippen LogP contribution < -0.4 is 10.6 Å². The molecule has 1 heterocycles. The molecule has 1 fully saturated rings. The molecule has 2 N–H and O–H groups in total. The lowest BCUT2D eigenvalue weighted by Gasteiger charge is -2.31. The summed E-state index contributed by atoms with van der Waals surface area (Å²) >= 11 is 1.73. The average molecular weight is 322 g/mol. The summed E-state index contributed by atoms with van der Waals surface area (Å²) in [6.45, 7) is 2.20. The quantitative estimate of drug-likeness (QED) is 0.855. The predicted molar refractivity (Wildman–Crippen MR) is 87.6 cm³/mol. The summed E-state index contributed by atoms with van der Waals surface area (Å²) in [6, 6.07) is 4.90. The van der Waals surface area contributed by atoms with E-state index in [0.29, 0.717) is 5.92 Å². The first-order valence-corrected chi connectivity index (χ1v) is 9.11. The van der Waals surface area contributed by atoms with Gasteiger partial charge in [-0.25, -0.2) is 9.18 Å². The van der Waals surface area contributed by atoms with Crippen LogP contribution in [0.5, 0.6) is 0 Å². The largest absolute Gasteiger partial charge is 0.335 e. The van der Waals surface area contributed by atoms with Crippen LogP contribution in [0.1, 0.15) is 50.6 Å². The van der Waals surface area contributed by atoms with E-state index in [0.717, 1.165) is 29.1 Å². The van der Waals surface area contributed by atoms with Gasteiger partial charge in [-0.2, -0.15) is 0 Å². The highest BCUT2D eigenvalue weighted by Crippen LogP contribution is 2.36. The van der Waals surface area contributed by atoms with Crippen molar-refractivity contribution >= 4 is 17.8 Å². The highest BCUT2D eigenvalue weighted by atomic mass is 32.2. The van der Waals surface area contributed by atoms with Crippen molar-refractivity contribution in [2.75, 3.05) is 5.75 Å². The Morgan fingerprint density at radius 1 is 1.23 bits per heavy atom. The Labute approximate surface area is 135 Å². The predicted octanol–water partition coefficient (Wildman–Crippen LogP) is 4.24. The number of nitrogens with one attached hydrogen (secondary N) is 2. The molecule has 1 aromatic carbocycles. The maximum atomic E-state index is 13.5. The van der Waals surface area contributed by atoms with Crippen LogP contribution in [0.15, 0.2) is 23.1 Å². The Morgan fingerprint density at radius 2 is 2.05 bits per heavy atom. The zero-order valence-corrected chi connectivity index (χ0v) is 13.7. The van der Waals surface area contributed by atoms with Crippen molar-refractivity contribution in [2.24, 2.45) is 5.92 Å². The van der Waals surface area contributed by atoms with Crippen molar-refractivity contribution in [3.8, 4) is 0 Å². The van der Waals surface area contributed by atoms with Crippen LogP contribution in [-0.2, 0) is 0 Å². The molecule has 22 heavy (non-hydrogen) atoms. The lowest BCUT2D eigenvalue weighted by Crippen LogP contribution is -2.47. The van der Waals surface area contributed by atoms with Gasteiger partial charge >= 0.3 is 6.03 Å². The molecule has 1 aromatic rings. The van der Waals surface area contributed by atoms with E-state index in [2.05, 4.69) is 17.6 Å². The fraction of sp³-hybridized carbons (Fsp3) is 0.588. The number of hydrogen-bond acceptors (Lipinski definition) is 2. The van der Waals surface area contributed by atoms with Gasteiger partial charge in [0.2, 0.25) is 0 Å². The Morgan fingerprint density at radius 3 is 2.86 bits per heavy atom. The smallest absolute Gasteiger partial charge is 0.315 e. The Balaban J connectivity index is 1.64. The van der Waals surface area contributed by atoms with Crippen LogP contribution in [-0.4, -0.2) is 17.8 Å². The van der Waals surface area contributed by atoms with Gasteiger partial charge in [-0.1, -0.05) is 19.8 Å². The summed E-state index contributed by atoms with van der Waals surface area (Å²) in [5, 5.41) is 6.15. The molecule has 5 heteroatoms. The summed E-state index contributed by atoms with van der Waals surface area (Å²) in [6.07, 6.45) is 5.52. The molecule has 1 aliphatic heterocycles. The molecule has 0 aromatic heterocycles. The zero-order chi connectivity index (χ0) is 15.5. The van der Waals surface area contributed by atoms with Gasteiger partial charge in [0, 0.05) is 16.7 Å². The number of amides is 2.